The molecule has 0 aliphatic rings. The molecule has 0 aliphatic heterocycles. The van der Waals surface area contributed by atoms with Gasteiger partial charge in [0.05, 0.1) is 6.26 Å². The Hall–Kier alpha value is -1.81. The number of carbonyl (C=O) groups excluding carboxylic acids is 1. The molecule has 2 rings (SSSR count). The van der Waals surface area contributed by atoms with E-state index >= 15 is 0 Å². The van der Waals surface area contributed by atoms with Crippen LogP contribution < -0.4 is 5.73 Å². The SMILES string of the molecule is CN(C)C(C(N)=O)c1coc2ccccc12. The van der Waals surface area contributed by atoms with Gasteiger partial charge in [-0.3, -0.25) is 9.69 Å². The molecule has 1 atom stereocenters. The van der Waals surface area contributed by atoms with Crippen molar-refractivity contribution in [1.29, 1.82) is 0 Å². The minimum absolute atomic E-state index is 0.378. The Kier molecular flexibility index (Phi) is 2.66. The molecule has 2 N–H and O–H groups in total. The van der Waals surface area contributed by atoms with E-state index in [9.17, 15) is 4.79 Å². The number of nitrogens with zero attached hydrogens (tertiary/aromatic N) is 1. The minimum atomic E-state index is -0.455. The molecule has 1 aromatic carbocycles. The largest absolute Gasteiger partial charge is 0.464 e. The van der Waals surface area contributed by atoms with Crippen LogP contribution in [0.1, 0.15) is 11.6 Å². The van der Waals surface area contributed by atoms with Gasteiger partial charge in [-0.2, -0.15) is 0 Å². The third kappa shape index (κ3) is 1.67. The lowest BCUT2D eigenvalue weighted by atomic mass is 10.0. The smallest absolute Gasteiger partial charge is 0.239 e. The van der Waals surface area contributed by atoms with Crippen LogP contribution in [0, 0.1) is 0 Å². The van der Waals surface area contributed by atoms with Gasteiger partial charge in [-0.05, 0) is 20.2 Å². The molecule has 0 fully saturated rings. The van der Waals surface area contributed by atoms with Crippen LogP contribution in [0.5, 0.6) is 0 Å². The van der Waals surface area contributed by atoms with Crippen molar-refractivity contribution >= 4 is 16.9 Å². The van der Waals surface area contributed by atoms with Gasteiger partial charge in [0, 0.05) is 10.9 Å². The van der Waals surface area contributed by atoms with E-state index in [1.807, 2.05) is 38.4 Å². The van der Waals surface area contributed by atoms with E-state index in [2.05, 4.69) is 0 Å². The zero-order valence-corrected chi connectivity index (χ0v) is 9.31. The first kappa shape index (κ1) is 10.7. The number of benzene rings is 1. The van der Waals surface area contributed by atoms with Crippen molar-refractivity contribution in [3.05, 3.63) is 36.1 Å². The van der Waals surface area contributed by atoms with Gasteiger partial charge in [0.15, 0.2) is 0 Å². The average Bonchev–Trinajstić information content (AvgIpc) is 2.61. The van der Waals surface area contributed by atoms with Crippen LogP contribution >= 0.6 is 0 Å². The Morgan fingerprint density at radius 3 is 2.69 bits per heavy atom. The molecule has 0 bridgehead atoms. The highest BCUT2D eigenvalue weighted by Gasteiger charge is 2.23. The van der Waals surface area contributed by atoms with Gasteiger partial charge >= 0.3 is 0 Å². The molecule has 4 nitrogen and oxygen atoms in total. The highest BCUT2D eigenvalue weighted by molar-refractivity contribution is 5.89. The van der Waals surface area contributed by atoms with E-state index in [4.69, 9.17) is 10.2 Å². The van der Waals surface area contributed by atoms with Crippen LogP contribution in [0.15, 0.2) is 34.9 Å². The van der Waals surface area contributed by atoms with Gasteiger partial charge < -0.3 is 10.2 Å². The number of hydrogen-bond donors (Lipinski definition) is 1. The lowest BCUT2D eigenvalue weighted by Crippen LogP contribution is -2.32. The molecule has 0 radical (unpaired) electrons. The molecule has 4 heteroatoms. The molecule has 1 heterocycles. The predicted molar refractivity (Wildman–Crippen MR) is 61.8 cm³/mol. The third-order valence-corrected chi connectivity index (χ3v) is 2.59. The molecule has 0 saturated heterocycles. The second-order valence-electron chi connectivity index (χ2n) is 3.96. The summed E-state index contributed by atoms with van der Waals surface area (Å²) in [6.07, 6.45) is 1.60. The molecule has 16 heavy (non-hydrogen) atoms. The Morgan fingerprint density at radius 1 is 1.38 bits per heavy atom. The maximum Gasteiger partial charge on any atom is 0.239 e. The van der Waals surface area contributed by atoms with Gasteiger partial charge in [-0.25, -0.2) is 0 Å². The summed E-state index contributed by atoms with van der Waals surface area (Å²) in [5.41, 5.74) is 6.98. The van der Waals surface area contributed by atoms with Gasteiger partial charge in [-0.1, -0.05) is 18.2 Å². The minimum Gasteiger partial charge on any atom is -0.464 e. The third-order valence-electron chi connectivity index (χ3n) is 2.59. The summed E-state index contributed by atoms with van der Waals surface area (Å²) in [5.74, 6) is -0.378. The van der Waals surface area contributed by atoms with Crippen molar-refractivity contribution < 1.29 is 9.21 Å². The molecule has 1 unspecified atom stereocenters. The summed E-state index contributed by atoms with van der Waals surface area (Å²) in [6.45, 7) is 0. The van der Waals surface area contributed by atoms with Crippen LogP contribution in [0.4, 0.5) is 0 Å². The fraction of sp³-hybridized carbons (Fsp3) is 0.250. The number of likely N-dealkylation sites (N-methyl/N-ethyl adjacent to an activating group) is 1. The summed E-state index contributed by atoms with van der Waals surface area (Å²) in [5, 5.41) is 0.931. The zero-order chi connectivity index (χ0) is 11.7. The number of furan rings is 1. The number of fused-ring (bicyclic) bond motifs is 1. The second kappa shape index (κ2) is 3.98. The maximum absolute atomic E-state index is 11.4. The number of amides is 1. The van der Waals surface area contributed by atoms with Crippen molar-refractivity contribution in [2.24, 2.45) is 5.73 Å². The van der Waals surface area contributed by atoms with E-state index in [0.717, 1.165) is 16.5 Å². The van der Waals surface area contributed by atoms with Crippen molar-refractivity contribution in [2.45, 2.75) is 6.04 Å². The molecule has 1 amide bonds. The summed E-state index contributed by atoms with van der Waals surface area (Å²) in [7, 11) is 3.63. The molecular weight excluding hydrogens is 204 g/mol. The van der Waals surface area contributed by atoms with Gasteiger partial charge in [-0.15, -0.1) is 0 Å². The molecule has 0 spiro atoms. The summed E-state index contributed by atoms with van der Waals surface area (Å²) in [4.78, 5) is 13.2. The lowest BCUT2D eigenvalue weighted by Gasteiger charge is -2.19. The fourth-order valence-corrected chi connectivity index (χ4v) is 1.90. The Labute approximate surface area is 93.6 Å². The Balaban J connectivity index is 2.57. The quantitative estimate of drug-likeness (QED) is 0.849. The van der Waals surface area contributed by atoms with Crippen molar-refractivity contribution in [1.82, 2.24) is 4.90 Å². The number of rotatable bonds is 3. The number of para-hydroxylation sites is 1. The van der Waals surface area contributed by atoms with Crippen LogP contribution in [-0.2, 0) is 4.79 Å². The van der Waals surface area contributed by atoms with E-state index < -0.39 is 6.04 Å². The Bertz CT molecular complexity index is 516. The summed E-state index contributed by atoms with van der Waals surface area (Å²) in [6, 6.07) is 7.14. The number of primary amides is 1. The van der Waals surface area contributed by atoms with Crippen LogP contribution in [-0.4, -0.2) is 24.9 Å². The monoisotopic (exact) mass is 218 g/mol. The van der Waals surface area contributed by atoms with Crippen LogP contribution in [0.3, 0.4) is 0 Å². The van der Waals surface area contributed by atoms with E-state index in [-0.39, 0.29) is 5.91 Å². The predicted octanol–water partition coefficient (Wildman–Crippen LogP) is 1.52. The first-order valence-electron chi connectivity index (χ1n) is 5.03. The highest BCUT2D eigenvalue weighted by Crippen LogP contribution is 2.28. The van der Waals surface area contributed by atoms with Gasteiger partial charge in [0.2, 0.25) is 5.91 Å². The molecular formula is C12H14N2O2. The topological polar surface area (TPSA) is 59.5 Å². The number of nitrogens with two attached hydrogens (primary N) is 1. The standard InChI is InChI=1S/C12H14N2O2/c1-14(2)11(12(13)15)9-7-16-10-6-4-3-5-8(9)10/h3-7,11H,1-2H3,(H2,13,15). The highest BCUT2D eigenvalue weighted by atomic mass is 16.3. The average molecular weight is 218 g/mol. The normalized spacial score (nSPS) is 13.2. The Morgan fingerprint density at radius 2 is 2.06 bits per heavy atom. The molecule has 0 aliphatic carbocycles. The van der Waals surface area contributed by atoms with Gasteiger partial charge in [0.1, 0.15) is 11.6 Å². The first-order valence-corrected chi connectivity index (χ1v) is 5.03. The zero-order valence-electron chi connectivity index (χ0n) is 9.31. The molecule has 84 valence electrons. The van der Waals surface area contributed by atoms with Crippen molar-refractivity contribution in [3.8, 4) is 0 Å². The summed E-state index contributed by atoms with van der Waals surface area (Å²) < 4.78 is 5.40. The maximum atomic E-state index is 11.4. The molecule has 2 aromatic rings. The first-order chi connectivity index (χ1) is 7.61. The number of hydrogen-bond acceptors (Lipinski definition) is 3. The van der Waals surface area contributed by atoms with E-state index in [1.54, 1.807) is 11.2 Å². The number of carbonyl (C=O) groups is 1. The van der Waals surface area contributed by atoms with Crippen molar-refractivity contribution in [3.63, 3.8) is 0 Å². The summed E-state index contributed by atoms with van der Waals surface area (Å²) >= 11 is 0. The fourth-order valence-electron chi connectivity index (χ4n) is 1.90. The van der Waals surface area contributed by atoms with Gasteiger partial charge in [0.25, 0.3) is 0 Å². The molecule has 1 aromatic heterocycles. The van der Waals surface area contributed by atoms with Crippen molar-refractivity contribution in [2.75, 3.05) is 14.1 Å². The second-order valence-corrected chi connectivity index (χ2v) is 3.96. The molecule has 0 saturated carbocycles. The van der Waals surface area contributed by atoms with E-state index in [0.29, 0.717) is 0 Å². The van der Waals surface area contributed by atoms with Crippen LogP contribution in [0.25, 0.3) is 11.0 Å². The van der Waals surface area contributed by atoms with Crippen LogP contribution in [0.2, 0.25) is 0 Å². The van der Waals surface area contributed by atoms with E-state index in [1.165, 1.54) is 0 Å². The lowest BCUT2D eigenvalue weighted by molar-refractivity contribution is -0.122.